The summed E-state index contributed by atoms with van der Waals surface area (Å²) in [5, 5.41) is 18.5. The second kappa shape index (κ2) is 6.03. The van der Waals surface area contributed by atoms with Crippen LogP contribution in [-0.4, -0.2) is 44.1 Å². The zero-order valence-corrected chi connectivity index (χ0v) is 13.9. The molecule has 2 fully saturated rings. The Kier molecular flexibility index (Phi) is 3.55. The van der Waals surface area contributed by atoms with Gasteiger partial charge in [-0.15, -0.1) is 5.10 Å². The van der Waals surface area contributed by atoms with Gasteiger partial charge >= 0.3 is 0 Å². The van der Waals surface area contributed by atoms with Gasteiger partial charge in [0.1, 0.15) is 5.52 Å². The molecule has 1 aliphatic heterocycles. The van der Waals surface area contributed by atoms with Gasteiger partial charge in [-0.05, 0) is 37.8 Å². The number of ether oxygens (including phenoxy) is 1. The van der Waals surface area contributed by atoms with Crippen LogP contribution in [0.3, 0.4) is 0 Å². The Balaban J connectivity index is 1.37. The minimum atomic E-state index is 0.258. The van der Waals surface area contributed by atoms with E-state index in [4.69, 9.17) is 4.74 Å². The quantitative estimate of drug-likeness (QED) is 0.639. The van der Waals surface area contributed by atoms with Crippen molar-refractivity contribution in [2.24, 2.45) is 0 Å². The number of hydrogen-bond donors (Lipinski definition) is 3. The molecule has 130 valence electrons. The first-order valence-electron chi connectivity index (χ1n) is 8.88. The molecule has 2 aliphatic rings. The van der Waals surface area contributed by atoms with Crippen molar-refractivity contribution in [1.29, 1.82) is 0 Å². The van der Waals surface area contributed by atoms with Gasteiger partial charge in [0.25, 0.3) is 0 Å². The molecule has 3 aromatic rings. The molecule has 0 bridgehead atoms. The molecule has 25 heavy (non-hydrogen) atoms. The topological polar surface area (TPSA) is 92.2 Å². The van der Waals surface area contributed by atoms with Gasteiger partial charge in [-0.2, -0.15) is 10.1 Å². The Hall–Kier alpha value is -2.61. The van der Waals surface area contributed by atoms with Crippen LogP contribution >= 0.6 is 0 Å². The van der Waals surface area contributed by atoms with Crippen LogP contribution in [0.4, 0.5) is 17.6 Å². The summed E-state index contributed by atoms with van der Waals surface area (Å²) in [4.78, 5) is 4.64. The zero-order valence-electron chi connectivity index (χ0n) is 13.9. The molecule has 1 saturated carbocycles. The van der Waals surface area contributed by atoms with E-state index in [1.165, 1.54) is 18.5 Å². The fourth-order valence-electron chi connectivity index (χ4n) is 3.25. The van der Waals surface area contributed by atoms with E-state index >= 15 is 0 Å². The van der Waals surface area contributed by atoms with Crippen molar-refractivity contribution in [3.05, 3.63) is 30.1 Å². The number of rotatable bonds is 6. The Morgan fingerprint density at radius 1 is 1.32 bits per heavy atom. The summed E-state index contributed by atoms with van der Waals surface area (Å²) in [6.07, 6.45) is 6.88. The number of nitrogens with one attached hydrogen (secondary N) is 3. The standard InChI is InChI=1S/C17H21N7O/c1-4-14-16(18-10-12-3-2-8-25-12)20-17(23-24(14)7-1)19-15-9-13(21-22-15)11-5-6-11/h1,4,7,9,11-12H,2-3,5-6,8,10H2,(H3,18,19,20,21,22,23)/t12-/m0/s1. The molecule has 4 heterocycles. The second-order valence-electron chi connectivity index (χ2n) is 6.75. The zero-order chi connectivity index (χ0) is 16.6. The summed E-state index contributed by atoms with van der Waals surface area (Å²) >= 11 is 0. The van der Waals surface area contributed by atoms with Gasteiger partial charge < -0.3 is 15.4 Å². The van der Waals surface area contributed by atoms with Gasteiger partial charge in [0.2, 0.25) is 5.95 Å². The second-order valence-corrected chi connectivity index (χ2v) is 6.75. The van der Waals surface area contributed by atoms with Gasteiger partial charge in [0, 0.05) is 37.0 Å². The first-order valence-corrected chi connectivity index (χ1v) is 8.88. The van der Waals surface area contributed by atoms with E-state index in [9.17, 15) is 0 Å². The number of H-pyrrole nitrogens is 1. The fraction of sp³-hybridized carbons (Fsp3) is 0.471. The maximum Gasteiger partial charge on any atom is 0.248 e. The van der Waals surface area contributed by atoms with Crippen LogP contribution in [0.2, 0.25) is 0 Å². The van der Waals surface area contributed by atoms with Gasteiger partial charge in [0.15, 0.2) is 11.6 Å². The van der Waals surface area contributed by atoms with Crippen LogP contribution in [0.15, 0.2) is 24.4 Å². The molecule has 0 radical (unpaired) electrons. The van der Waals surface area contributed by atoms with Gasteiger partial charge in [-0.3, -0.25) is 5.10 Å². The van der Waals surface area contributed by atoms with Crippen LogP contribution in [0, 0.1) is 0 Å². The highest BCUT2D eigenvalue weighted by Gasteiger charge is 2.25. The lowest BCUT2D eigenvalue weighted by atomic mass is 10.2. The van der Waals surface area contributed by atoms with Gasteiger partial charge in [-0.25, -0.2) is 4.52 Å². The molecule has 1 atom stereocenters. The lowest BCUT2D eigenvalue weighted by molar-refractivity contribution is 0.120. The Morgan fingerprint density at radius 2 is 2.28 bits per heavy atom. The van der Waals surface area contributed by atoms with E-state index in [0.717, 1.165) is 43.1 Å². The Labute approximate surface area is 145 Å². The van der Waals surface area contributed by atoms with Crippen LogP contribution in [0.1, 0.15) is 37.3 Å². The SMILES string of the molecule is c1cc2c(NC[C@@H]3CCCO3)nc(Nc3cc(C4CC4)[nH]n3)nn2c1. The summed E-state index contributed by atoms with van der Waals surface area (Å²) in [5.41, 5.74) is 2.13. The number of hydrogen-bond acceptors (Lipinski definition) is 6. The van der Waals surface area contributed by atoms with E-state index in [0.29, 0.717) is 11.9 Å². The molecule has 0 aromatic carbocycles. The molecule has 8 heteroatoms. The molecule has 0 amide bonds. The molecule has 3 aromatic heterocycles. The third-order valence-corrected chi connectivity index (χ3v) is 4.77. The average Bonchev–Trinajstić information content (AvgIpc) is 3.05. The monoisotopic (exact) mass is 339 g/mol. The third kappa shape index (κ3) is 3.05. The molecule has 0 unspecified atom stereocenters. The van der Waals surface area contributed by atoms with Crippen molar-refractivity contribution in [2.45, 2.75) is 37.7 Å². The lowest BCUT2D eigenvalue weighted by Gasteiger charge is -2.13. The third-order valence-electron chi connectivity index (χ3n) is 4.77. The van der Waals surface area contributed by atoms with Crippen molar-refractivity contribution in [2.75, 3.05) is 23.8 Å². The maximum atomic E-state index is 5.68. The van der Waals surface area contributed by atoms with Crippen LogP contribution in [0.5, 0.6) is 0 Å². The minimum Gasteiger partial charge on any atom is -0.376 e. The summed E-state index contributed by atoms with van der Waals surface area (Å²) < 4.78 is 7.50. The normalized spacial score (nSPS) is 20.2. The number of aromatic nitrogens is 5. The summed E-state index contributed by atoms with van der Waals surface area (Å²) in [6.45, 7) is 1.61. The highest BCUT2D eigenvalue weighted by molar-refractivity contribution is 5.69. The van der Waals surface area contributed by atoms with Crippen LogP contribution in [0.25, 0.3) is 5.52 Å². The predicted molar refractivity (Wildman–Crippen MR) is 94.3 cm³/mol. The first-order chi connectivity index (χ1) is 12.3. The summed E-state index contributed by atoms with van der Waals surface area (Å²) in [7, 11) is 0. The lowest BCUT2D eigenvalue weighted by Crippen LogP contribution is -2.20. The molecule has 1 aliphatic carbocycles. The van der Waals surface area contributed by atoms with Crippen molar-refractivity contribution in [1.82, 2.24) is 24.8 Å². The molecule has 8 nitrogen and oxygen atoms in total. The number of aromatic amines is 1. The number of anilines is 3. The minimum absolute atomic E-state index is 0.258. The van der Waals surface area contributed by atoms with E-state index in [1.54, 1.807) is 0 Å². The number of fused-ring (bicyclic) bond motifs is 1. The molecule has 0 spiro atoms. The molecular weight excluding hydrogens is 318 g/mol. The number of nitrogens with zero attached hydrogens (tertiary/aromatic N) is 4. The summed E-state index contributed by atoms with van der Waals surface area (Å²) in [6, 6.07) is 6.01. The fourth-order valence-corrected chi connectivity index (χ4v) is 3.25. The smallest absolute Gasteiger partial charge is 0.248 e. The highest BCUT2D eigenvalue weighted by atomic mass is 16.5. The van der Waals surface area contributed by atoms with Crippen LogP contribution in [-0.2, 0) is 4.74 Å². The van der Waals surface area contributed by atoms with E-state index in [-0.39, 0.29) is 6.10 Å². The highest BCUT2D eigenvalue weighted by Crippen LogP contribution is 2.39. The largest absolute Gasteiger partial charge is 0.376 e. The van der Waals surface area contributed by atoms with Crippen molar-refractivity contribution in [3.63, 3.8) is 0 Å². The maximum absolute atomic E-state index is 5.68. The van der Waals surface area contributed by atoms with E-state index < -0.39 is 0 Å². The Morgan fingerprint density at radius 3 is 3.12 bits per heavy atom. The van der Waals surface area contributed by atoms with E-state index in [2.05, 4.69) is 30.9 Å². The van der Waals surface area contributed by atoms with Crippen LogP contribution < -0.4 is 10.6 Å². The predicted octanol–water partition coefficient (Wildman–Crippen LogP) is 2.66. The van der Waals surface area contributed by atoms with Crippen molar-refractivity contribution >= 4 is 23.1 Å². The van der Waals surface area contributed by atoms with Crippen molar-refractivity contribution in [3.8, 4) is 0 Å². The molecule has 1 saturated heterocycles. The van der Waals surface area contributed by atoms with Gasteiger partial charge in [-0.1, -0.05) is 0 Å². The van der Waals surface area contributed by atoms with Gasteiger partial charge in [0.05, 0.1) is 6.10 Å². The molecular formula is C17H21N7O. The Bertz CT molecular complexity index is 876. The average molecular weight is 339 g/mol. The first kappa shape index (κ1) is 14.7. The molecule has 3 N–H and O–H groups in total. The van der Waals surface area contributed by atoms with E-state index in [1.807, 2.05) is 28.9 Å². The summed E-state index contributed by atoms with van der Waals surface area (Å²) in [5.74, 6) is 2.71. The molecule has 5 rings (SSSR count). The van der Waals surface area contributed by atoms with Crippen molar-refractivity contribution < 1.29 is 4.74 Å².